The van der Waals surface area contributed by atoms with Crippen LogP contribution in [0.15, 0.2) is 73.2 Å². The molecule has 17 nitrogen and oxygen atoms in total. The fourth-order valence-corrected chi connectivity index (χ4v) is 11.9. The van der Waals surface area contributed by atoms with Gasteiger partial charge in [0, 0.05) is 88.1 Å². The van der Waals surface area contributed by atoms with Gasteiger partial charge in [-0.15, -0.1) is 0 Å². The van der Waals surface area contributed by atoms with Crippen molar-refractivity contribution in [2.45, 2.75) is 102 Å². The van der Waals surface area contributed by atoms with Crippen LogP contribution in [0.2, 0.25) is 0 Å². The maximum absolute atomic E-state index is 14.9. The first-order valence-corrected chi connectivity index (χ1v) is 26.9. The van der Waals surface area contributed by atoms with Gasteiger partial charge in [0.05, 0.1) is 41.2 Å². The van der Waals surface area contributed by atoms with Crippen molar-refractivity contribution < 1.29 is 37.5 Å². The number of hydrogen-bond acceptors (Lipinski definition) is 12. The van der Waals surface area contributed by atoms with E-state index in [1.807, 2.05) is 36.1 Å². The van der Waals surface area contributed by atoms with Gasteiger partial charge in [0.1, 0.15) is 35.3 Å². The number of nitrogens with zero attached hydrogens (tertiary/aromatic N) is 9. The molecule has 10 rings (SSSR count). The number of halogens is 2. The summed E-state index contributed by atoms with van der Waals surface area (Å²) in [4.78, 5) is 79.8. The summed E-state index contributed by atoms with van der Waals surface area (Å²) in [6.07, 6.45) is 13.2. The van der Waals surface area contributed by atoms with Crippen molar-refractivity contribution in [1.82, 2.24) is 44.8 Å². The van der Waals surface area contributed by atoms with Crippen molar-refractivity contribution in [3.05, 3.63) is 113 Å². The van der Waals surface area contributed by atoms with Crippen molar-refractivity contribution in [2.75, 3.05) is 77.0 Å². The van der Waals surface area contributed by atoms with Gasteiger partial charge < -0.3 is 29.7 Å². The van der Waals surface area contributed by atoms with Crippen molar-refractivity contribution in [3.63, 3.8) is 0 Å². The number of carbonyl (C=O) groups is 5. The van der Waals surface area contributed by atoms with Gasteiger partial charge >= 0.3 is 0 Å². The Labute approximate surface area is 441 Å². The molecule has 4 fully saturated rings. The molecule has 3 aromatic heterocycles. The highest BCUT2D eigenvalue weighted by Crippen LogP contribution is 2.36. The van der Waals surface area contributed by atoms with E-state index in [0.717, 1.165) is 98.9 Å². The average molecular weight is 1040 g/mol. The number of aromatic nitrogens is 3. The maximum Gasteiger partial charge on any atom is 0.255 e. The summed E-state index contributed by atoms with van der Waals surface area (Å²) in [6.45, 7) is 9.75. The third-order valence-corrected chi connectivity index (χ3v) is 16.1. The Morgan fingerprint density at radius 1 is 0.868 bits per heavy atom. The molecule has 0 spiro atoms. The Kier molecular flexibility index (Phi) is 15.7. The first-order valence-electron chi connectivity index (χ1n) is 26.9. The maximum atomic E-state index is 14.9. The molecule has 5 aliphatic rings. The van der Waals surface area contributed by atoms with Gasteiger partial charge in [-0.3, -0.25) is 34.2 Å². The Bertz CT molecular complexity index is 3030. The Hall–Kier alpha value is -7.30. The Balaban J connectivity index is 0.669. The minimum Gasteiger partial charge on any atom is -0.492 e. The molecule has 1 atom stereocenters. The molecule has 0 bridgehead atoms. The molecule has 0 saturated carbocycles. The largest absolute Gasteiger partial charge is 0.492 e. The van der Waals surface area contributed by atoms with Crippen molar-refractivity contribution in [3.8, 4) is 22.9 Å². The first kappa shape index (κ1) is 52.2. The van der Waals surface area contributed by atoms with Crippen LogP contribution >= 0.6 is 0 Å². The predicted molar refractivity (Wildman–Crippen MR) is 279 cm³/mol. The second-order valence-electron chi connectivity index (χ2n) is 21.0. The van der Waals surface area contributed by atoms with E-state index in [1.54, 1.807) is 21.8 Å². The number of carbonyl (C=O) groups excluding carboxylic acids is 5. The lowest BCUT2D eigenvalue weighted by Crippen LogP contribution is -2.62. The fraction of sp³-hybridized carbons (Fsp3) is 0.474. The van der Waals surface area contributed by atoms with Crippen LogP contribution in [-0.2, 0) is 20.9 Å². The van der Waals surface area contributed by atoms with E-state index in [9.17, 15) is 38.0 Å². The topological polar surface area (TPSA) is 189 Å². The molecular weight excluding hydrogens is 973 g/mol. The van der Waals surface area contributed by atoms with Crippen molar-refractivity contribution in [1.29, 1.82) is 5.26 Å². The molecule has 5 aliphatic heterocycles. The number of unbranched alkanes of at least 4 members (excludes halogenated alkanes) is 3. The molecule has 8 heterocycles. The van der Waals surface area contributed by atoms with Crippen LogP contribution in [0, 0.1) is 23.0 Å². The number of anilines is 1. The van der Waals surface area contributed by atoms with Crippen LogP contribution in [-0.4, -0.2) is 147 Å². The highest BCUT2D eigenvalue weighted by atomic mass is 19.1. The van der Waals surface area contributed by atoms with E-state index in [-0.39, 0.29) is 29.7 Å². The number of rotatable bonds is 17. The summed E-state index contributed by atoms with van der Waals surface area (Å²) in [5, 5.41) is 19.7. The molecule has 5 aromatic rings. The molecule has 398 valence electrons. The number of pyridine rings is 2. The lowest BCUT2D eigenvalue weighted by atomic mass is 9.86. The number of piperidine rings is 3. The lowest BCUT2D eigenvalue weighted by molar-refractivity contribution is -0.137. The zero-order chi connectivity index (χ0) is 52.9. The molecule has 76 heavy (non-hydrogen) atoms. The van der Waals surface area contributed by atoms with E-state index in [0.29, 0.717) is 113 Å². The van der Waals surface area contributed by atoms with Crippen LogP contribution in [0.1, 0.15) is 121 Å². The molecule has 5 amide bonds. The molecule has 19 heteroatoms. The number of hydrogen-bond donors (Lipinski definition) is 2. The molecule has 2 N–H and O–H groups in total. The van der Waals surface area contributed by atoms with Gasteiger partial charge in [-0.25, -0.2) is 18.3 Å². The Morgan fingerprint density at radius 2 is 1.66 bits per heavy atom. The van der Waals surface area contributed by atoms with Crippen molar-refractivity contribution >= 4 is 40.9 Å². The number of imide groups is 1. The number of piperazine rings is 1. The van der Waals surface area contributed by atoms with E-state index < -0.39 is 35.0 Å². The number of benzene rings is 2. The third kappa shape index (κ3) is 11.4. The molecule has 1 unspecified atom stereocenters. The zero-order valence-corrected chi connectivity index (χ0v) is 43.1. The number of amides is 5. The summed E-state index contributed by atoms with van der Waals surface area (Å²) in [6, 6.07) is 16.4. The zero-order valence-electron chi connectivity index (χ0n) is 43.1. The number of fused-ring (bicyclic) bond motifs is 2. The average Bonchev–Trinajstić information content (AvgIpc) is 4.00. The van der Waals surface area contributed by atoms with Gasteiger partial charge in [-0.2, -0.15) is 10.4 Å². The fourth-order valence-electron chi connectivity index (χ4n) is 11.9. The molecule has 0 aliphatic carbocycles. The minimum atomic E-state index is -0.793. The number of nitriles is 1. The number of nitrogens with one attached hydrogen (secondary N) is 2. The lowest BCUT2D eigenvalue weighted by Gasteiger charge is -2.46. The number of ether oxygens (including phenoxy) is 1. The second-order valence-corrected chi connectivity index (χ2v) is 21.0. The summed E-state index contributed by atoms with van der Waals surface area (Å²) in [5.74, 6) is -1.06. The van der Waals surface area contributed by atoms with E-state index in [2.05, 4.69) is 48.6 Å². The SMILES string of the molecule is CCOc1cc(-c2ccc(N3CCC(CN4CCN(C(=O)CCCCCCN5CCC(c6ccc7c(c6)CN(C6CCC(=O)NC6=O)C7=O)CC5)CC4)(NC(=O)c4cc(F)ccc4F)CC3)nc2)c2c(C#N)cnn2c1. The van der Waals surface area contributed by atoms with E-state index in [4.69, 9.17) is 9.72 Å². The highest BCUT2D eigenvalue weighted by Gasteiger charge is 2.41. The predicted octanol–water partition coefficient (Wildman–Crippen LogP) is 6.45. The monoisotopic (exact) mass is 1040 g/mol. The van der Waals surface area contributed by atoms with Gasteiger partial charge in [0.15, 0.2) is 0 Å². The Morgan fingerprint density at radius 3 is 2.39 bits per heavy atom. The van der Waals surface area contributed by atoms with E-state index in [1.165, 1.54) is 11.8 Å². The molecular formula is C57H65F2N11O6. The number of likely N-dealkylation sites (tertiary alicyclic amines) is 1. The third-order valence-electron chi connectivity index (χ3n) is 16.1. The molecule has 2 aromatic carbocycles. The van der Waals surface area contributed by atoms with Crippen LogP contribution in [0.25, 0.3) is 16.6 Å². The summed E-state index contributed by atoms with van der Waals surface area (Å²) >= 11 is 0. The second kappa shape index (κ2) is 22.9. The molecule has 4 saturated heterocycles. The highest BCUT2D eigenvalue weighted by molar-refractivity contribution is 6.05. The normalized spacial score (nSPS) is 19.4. The van der Waals surface area contributed by atoms with Gasteiger partial charge in [-0.1, -0.05) is 25.0 Å². The quantitative estimate of drug-likeness (QED) is 0.0767. The molecule has 0 radical (unpaired) electrons. The summed E-state index contributed by atoms with van der Waals surface area (Å²) < 4.78 is 36.6. The summed E-state index contributed by atoms with van der Waals surface area (Å²) in [5.41, 5.74) is 4.39. The van der Waals surface area contributed by atoms with Gasteiger partial charge in [0.25, 0.3) is 11.8 Å². The van der Waals surface area contributed by atoms with Crippen LogP contribution < -0.4 is 20.3 Å². The summed E-state index contributed by atoms with van der Waals surface area (Å²) in [7, 11) is 0. The van der Waals surface area contributed by atoms with Crippen molar-refractivity contribution in [2.24, 2.45) is 0 Å². The van der Waals surface area contributed by atoms with E-state index >= 15 is 0 Å². The standard InChI is InChI=1S/C57H65F2N11O6/c1-2-76-44-31-46(53-42(32-60)34-62-70(53)36-44)40-9-14-50(61-33-40)67-23-18-57(19-24-67,64-54(73)47-30-43(58)10-12-48(47)59)37-66-25-27-68(28-26-66)52(72)7-5-3-4-6-20-65-21-16-38(17-22-65)39-8-11-45-41(29-39)35-69(56(45)75)49-13-15-51(71)63-55(49)74/h8-12,14,29-31,33-34,36,38,49H,2-7,13,15-28,35,37H2,1H3,(H,64,73)(H,63,71,74). The van der Waals surface area contributed by atoms with Crippen LogP contribution in [0.3, 0.4) is 0 Å². The first-order chi connectivity index (χ1) is 36.9. The smallest absolute Gasteiger partial charge is 0.255 e. The van der Waals surface area contributed by atoms with Gasteiger partial charge in [0.2, 0.25) is 17.7 Å². The van der Waals surface area contributed by atoms with Gasteiger partial charge in [-0.05, 0) is 131 Å². The minimum absolute atomic E-state index is 0.144. The van der Waals surface area contributed by atoms with Crippen LogP contribution in [0.5, 0.6) is 5.75 Å². The van der Waals surface area contributed by atoms with Crippen LogP contribution in [0.4, 0.5) is 14.6 Å².